The Hall–Kier alpha value is -3.26. The van der Waals surface area contributed by atoms with Gasteiger partial charge in [-0.3, -0.25) is 0 Å². The smallest absolute Gasteiger partial charge is 0.195 e. The maximum atomic E-state index is 6.24. The molecule has 2 heterocycles. The minimum atomic E-state index is 0.390. The molecule has 0 aromatic heterocycles. The van der Waals surface area contributed by atoms with Crippen LogP contribution in [-0.2, 0) is 6.54 Å². The van der Waals surface area contributed by atoms with Crippen LogP contribution >= 0.6 is 11.8 Å². The van der Waals surface area contributed by atoms with Gasteiger partial charge in [-0.2, -0.15) is 0 Å². The van der Waals surface area contributed by atoms with Gasteiger partial charge in [-0.1, -0.05) is 49.6 Å². The monoisotopic (exact) mass is 489 g/mol. The lowest BCUT2D eigenvalue weighted by molar-refractivity contribution is 0.283. The van der Waals surface area contributed by atoms with E-state index < -0.39 is 0 Å². The average Bonchev–Trinajstić information content (AvgIpc) is 3.34. The summed E-state index contributed by atoms with van der Waals surface area (Å²) in [6, 6.07) is 16.5. The number of ether oxygens (including phenoxy) is 2. The molecule has 2 N–H and O–H groups in total. The van der Waals surface area contributed by atoms with Gasteiger partial charge in [-0.05, 0) is 54.3 Å². The number of nitrogens with two attached hydrogens (primary N) is 1. The second kappa shape index (κ2) is 10.6. The van der Waals surface area contributed by atoms with E-state index in [1.165, 1.54) is 49.4 Å². The second-order valence-electron chi connectivity index (χ2n) is 8.99. The number of aromatic nitrogens is 4. The highest BCUT2D eigenvalue weighted by Gasteiger charge is 2.28. The summed E-state index contributed by atoms with van der Waals surface area (Å²) in [5.41, 5.74) is 8.24. The third kappa shape index (κ3) is 5.07. The van der Waals surface area contributed by atoms with Gasteiger partial charge < -0.3 is 19.8 Å². The molecule has 35 heavy (non-hydrogen) atoms. The number of methoxy groups -OCH3 is 2. The summed E-state index contributed by atoms with van der Waals surface area (Å²) in [5.74, 6) is 3.68. The fourth-order valence-corrected chi connectivity index (χ4v) is 5.94. The first kappa shape index (κ1) is 23.5. The average molecular weight is 490 g/mol. The van der Waals surface area contributed by atoms with Crippen molar-refractivity contribution in [2.45, 2.75) is 54.6 Å². The van der Waals surface area contributed by atoms with Gasteiger partial charge in [0, 0.05) is 12.5 Å². The minimum Gasteiger partial charge on any atom is -0.497 e. The van der Waals surface area contributed by atoms with Crippen LogP contribution in [0, 0.1) is 5.92 Å². The Morgan fingerprint density at radius 2 is 1.83 bits per heavy atom. The highest BCUT2D eigenvalue weighted by molar-refractivity contribution is 7.99. The van der Waals surface area contributed by atoms with E-state index in [1.54, 1.807) is 14.2 Å². The van der Waals surface area contributed by atoms with Gasteiger partial charge in [0.05, 0.1) is 25.4 Å². The summed E-state index contributed by atoms with van der Waals surface area (Å²) in [6.07, 6.45) is 8.26. The van der Waals surface area contributed by atoms with Gasteiger partial charge in [0.1, 0.15) is 11.5 Å². The minimum absolute atomic E-state index is 0.390. The molecule has 1 fully saturated rings. The number of imidazole rings is 1. The number of fused-ring (bicyclic) bond motifs is 1. The van der Waals surface area contributed by atoms with E-state index in [0.717, 1.165) is 28.8 Å². The summed E-state index contributed by atoms with van der Waals surface area (Å²) >= 11 is 1.43. The van der Waals surface area contributed by atoms with Crippen LogP contribution in [0.1, 0.15) is 43.6 Å². The molecule has 8 heteroatoms. The van der Waals surface area contributed by atoms with Crippen LogP contribution in [0.3, 0.4) is 0 Å². The number of nitrogens with zero attached hydrogens (tertiary/aromatic N) is 4. The van der Waals surface area contributed by atoms with Gasteiger partial charge in [0.25, 0.3) is 0 Å². The molecule has 0 saturated heterocycles. The van der Waals surface area contributed by atoms with E-state index in [1.807, 2.05) is 24.5 Å². The number of rotatable bonds is 8. The first-order valence-corrected chi connectivity index (χ1v) is 12.9. The number of benzene rings is 2. The number of nitrogen functional groups attached to an aromatic ring is 1. The number of hydrogen-bond acceptors (Lipinski definition) is 7. The van der Waals surface area contributed by atoms with Crippen molar-refractivity contribution in [3.63, 3.8) is 0 Å². The largest absolute Gasteiger partial charge is 0.497 e. The summed E-state index contributed by atoms with van der Waals surface area (Å²) < 4.78 is 13.0. The molecule has 2 aliphatic heterocycles. The third-order valence-electron chi connectivity index (χ3n) is 6.88. The Morgan fingerprint density at radius 1 is 1.03 bits per heavy atom. The lowest BCUT2D eigenvalue weighted by atomic mass is 9.76. The second-order valence-corrected chi connectivity index (χ2v) is 10.0. The van der Waals surface area contributed by atoms with Crippen molar-refractivity contribution < 1.29 is 9.47 Å². The Labute approximate surface area is 210 Å². The molecule has 1 saturated carbocycles. The highest BCUT2D eigenvalue weighted by Crippen LogP contribution is 2.40. The SMILES string of the molecule is COc1ccc(OC)c(Sc2nc3c(N)ncn(CC(c4ccccc4)C4CCCCC4)c-3n2)c1. The van der Waals surface area contributed by atoms with E-state index in [9.17, 15) is 0 Å². The molecule has 3 aliphatic rings. The van der Waals surface area contributed by atoms with Crippen molar-refractivity contribution in [3.05, 3.63) is 60.4 Å². The summed E-state index contributed by atoms with van der Waals surface area (Å²) in [4.78, 5) is 15.0. The van der Waals surface area contributed by atoms with E-state index in [-0.39, 0.29) is 0 Å². The molecule has 0 spiro atoms. The molecule has 1 aliphatic carbocycles. The fourth-order valence-electron chi connectivity index (χ4n) is 5.05. The van der Waals surface area contributed by atoms with E-state index in [4.69, 9.17) is 25.2 Å². The van der Waals surface area contributed by atoms with E-state index in [0.29, 0.717) is 28.5 Å². The molecular formula is C27H31N5O2S. The van der Waals surface area contributed by atoms with Gasteiger partial charge in [-0.25, -0.2) is 15.0 Å². The van der Waals surface area contributed by atoms with E-state index in [2.05, 4.69) is 39.9 Å². The van der Waals surface area contributed by atoms with Crippen molar-refractivity contribution in [1.82, 2.24) is 19.5 Å². The third-order valence-corrected chi connectivity index (χ3v) is 7.79. The zero-order chi connectivity index (χ0) is 24.2. The van der Waals surface area contributed by atoms with Crippen LogP contribution in [0.5, 0.6) is 11.5 Å². The quantitative estimate of drug-likeness (QED) is 0.330. The molecule has 1 unspecified atom stereocenters. The zero-order valence-electron chi connectivity index (χ0n) is 20.2. The topological polar surface area (TPSA) is 88.1 Å². The highest BCUT2D eigenvalue weighted by atomic mass is 32.2. The van der Waals surface area contributed by atoms with Crippen molar-refractivity contribution in [2.75, 3.05) is 20.0 Å². The number of anilines is 1. The van der Waals surface area contributed by atoms with E-state index >= 15 is 0 Å². The molecule has 182 valence electrons. The Balaban J connectivity index is 1.49. The first-order chi connectivity index (χ1) is 17.2. The molecule has 0 amide bonds. The zero-order valence-corrected chi connectivity index (χ0v) is 21.0. The van der Waals surface area contributed by atoms with Gasteiger partial charge in [-0.15, -0.1) is 0 Å². The maximum Gasteiger partial charge on any atom is 0.195 e. The molecule has 7 nitrogen and oxygen atoms in total. The first-order valence-electron chi connectivity index (χ1n) is 12.1. The Bertz CT molecular complexity index is 1240. The molecule has 1 atom stereocenters. The lowest BCUT2D eigenvalue weighted by Gasteiger charge is -2.31. The Morgan fingerprint density at radius 3 is 2.57 bits per heavy atom. The van der Waals surface area contributed by atoms with Crippen LogP contribution < -0.4 is 15.2 Å². The summed E-state index contributed by atoms with van der Waals surface area (Å²) in [5, 5.41) is 0.605. The van der Waals surface area contributed by atoms with Crippen molar-refractivity contribution in [1.29, 1.82) is 0 Å². The van der Waals surface area contributed by atoms with Crippen molar-refractivity contribution in [2.24, 2.45) is 5.92 Å². The van der Waals surface area contributed by atoms with Crippen LogP contribution in [-0.4, -0.2) is 33.7 Å². The predicted molar refractivity (Wildman–Crippen MR) is 138 cm³/mol. The molecule has 5 rings (SSSR count). The Kier molecular flexibility index (Phi) is 7.08. The van der Waals surface area contributed by atoms with Crippen LogP contribution in [0.25, 0.3) is 11.5 Å². The molecule has 2 aromatic rings. The molecule has 0 radical (unpaired) electrons. The number of hydrogen-bond donors (Lipinski definition) is 1. The summed E-state index contributed by atoms with van der Waals surface area (Å²) in [6.45, 7) is 0.795. The molecular weight excluding hydrogens is 458 g/mol. The van der Waals surface area contributed by atoms with Gasteiger partial charge in [0.15, 0.2) is 22.5 Å². The maximum absolute atomic E-state index is 6.24. The predicted octanol–water partition coefficient (Wildman–Crippen LogP) is 5.89. The van der Waals surface area contributed by atoms with Gasteiger partial charge in [0.2, 0.25) is 0 Å². The van der Waals surface area contributed by atoms with Crippen molar-refractivity contribution >= 4 is 17.6 Å². The van der Waals surface area contributed by atoms with Crippen LogP contribution in [0.2, 0.25) is 0 Å². The molecule has 0 bridgehead atoms. The van der Waals surface area contributed by atoms with Crippen molar-refractivity contribution in [3.8, 4) is 23.0 Å². The lowest BCUT2D eigenvalue weighted by Crippen LogP contribution is -2.22. The van der Waals surface area contributed by atoms with Gasteiger partial charge >= 0.3 is 0 Å². The standard InChI is InChI=1S/C27H31N5O2S/c1-33-20-13-14-22(34-2)23(15-20)35-27-30-24-25(28)29-17-32(26(24)31-27)16-21(18-9-5-3-6-10-18)19-11-7-4-8-12-19/h3,5-6,9-10,13-15,17,19,21H,4,7-8,11-12,16,28H2,1-2H3. The normalized spacial score (nSPS) is 15.3. The summed E-state index contributed by atoms with van der Waals surface area (Å²) in [7, 11) is 3.30. The molecule has 2 aromatic carbocycles. The van der Waals surface area contributed by atoms with Crippen LogP contribution in [0.4, 0.5) is 5.82 Å². The fraction of sp³-hybridized carbons (Fsp3) is 0.370. The van der Waals surface area contributed by atoms with Crippen LogP contribution in [0.15, 0.2) is 64.9 Å².